The van der Waals surface area contributed by atoms with Crippen molar-refractivity contribution >= 4 is 27.6 Å². The highest BCUT2D eigenvalue weighted by atomic mass is 16.3. The molecule has 1 aliphatic rings. The minimum atomic E-state index is -0.119. The Morgan fingerprint density at radius 3 is 1.43 bits per heavy atom. The number of fused-ring (bicyclic) bond motifs is 3. The van der Waals surface area contributed by atoms with Gasteiger partial charge in [-0.2, -0.15) is 0 Å². The van der Waals surface area contributed by atoms with Gasteiger partial charge in [-0.1, -0.05) is 237 Å². The molecular formula is C63H45N3O. The fourth-order valence-corrected chi connectivity index (χ4v) is 9.75. The molecule has 11 aromatic rings. The second kappa shape index (κ2) is 17.4. The lowest BCUT2D eigenvalue weighted by atomic mass is 9.83. The molecule has 2 unspecified atom stereocenters. The molecule has 4 heteroatoms. The third-order valence-electron chi connectivity index (χ3n) is 13.0. The summed E-state index contributed by atoms with van der Waals surface area (Å²) in [4.78, 5) is 5.63. The van der Waals surface area contributed by atoms with Crippen molar-refractivity contribution in [3.63, 3.8) is 0 Å². The first-order valence-corrected chi connectivity index (χ1v) is 22.9. The van der Waals surface area contributed by atoms with Crippen LogP contribution in [0.15, 0.2) is 253 Å². The molecular weight excluding hydrogens is 815 g/mol. The first kappa shape index (κ1) is 40.0. The highest BCUT2D eigenvalue weighted by Gasteiger charge is 2.27. The molecule has 0 fully saturated rings. The normalized spacial score (nSPS) is 14.7. The topological polar surface area (TPSA) is 50.1 Å². The van der Waals surface area contributed by atoms with Crippen LogP contribution in [0.2, 0.25) is 0 Å². The van der Waals surface area contributed by atoms with Gasteiger partial charge in [-0.3, -0.25) is 5.32 Å². The van der Waals surface area contributed by atoms with Crippen LogP contribution in [0.5, 0.6) is 0 Å². The maximum absolute atomic E-state index is 6.42. The first-order valence-electron chi connectivity index (χ1n) is 22.9. The van der Waals surface area contributed by atoms with E-state index in [1.54, 1.807) is 0 Å². The average Bonchev–Trinajstić information content (AvgIpc) is 3.81. The molecule has 2 aromatic heterocycles. The molecule has 2 N–H and O–H groups in total. The molecule has 12 rings (SSSR count). The maximum atomic E-state index is 6.42. The third-order valence-corrected chi connectivity index (χ3v) is 13.0. The zero-order valence-corrected chi connectivity index (χ0v) is 36.7. The Hall–Kier alpha value is -8.57. The minimum Gasteiger partial charge on any atom is -0.455 e. The molecule has 0 amide bonds. The van der Waals surface area contributed by atoms with Gasteiger partial charge in [0.25, 0.3) is 0 Å². The van der Waals surface area contributed by atoms with Gasteiger partial charge in [0.15, 0.2) is 0 Å². The van der Waals surface area contributed by atoms with Gasteiger partial charge in [0.2, 0.25) is 0 Å². The van der Waals surface area contributed by atoms with Gasteiger partial charge in [0.1, 0.15) is 17.3 Å². The highest BCUT2D eigenvalue weighted by molar-refractivity contribution is 6.09. The molecule has 0 aliphatic carbocycles. The van der Waals surface area contributed by atoms with E-state index in [1.165, 1.54) is 11.1 Å². The summed E-state index contributed by atoms with van der Waals surface area (Å²) in [5.41, 5.74) is 19.3. The van der Waals surface area contributed by atoms with E-state index in [2.05, 4.69) is 247 Å². The van der Waals surface area contributed by atoms with Crippen molar-refractivity contribution in [1.82, 2.24) is 15.6 Å². The molecule has 0 saturated heterocycles. The Bertz CT molecular complexity index is 3430. The van der Waals surface area contributed by atoms with Crippen molar-refractivity contribution < 1.29 is 4.42 Å². The van der Waals surface area contributed by atoms with E-state index in [1.807, 2.05) is 12.1 Å². The second-order valence-electron chi connectivity index (χ2n) is 17.1. The Morgan fingerprint density at radius 1 is 0.358 bits per heavy atom. The zero-order chi connectivity index (χ0) is 44.5. The molecule has 1 aliphatic heterocycles. The van der Waals surface area contributed by atoms with Crippen molar-refractivity contribution in [1.29, 1.82) is 0 Å². The van der Waals surface area contributed by atoms with Gasteiger partial charge in [-0.05, 0) is 51.1 Å². The number of furan rings is 1. The van der Waals surface area contributed by atoms with Gasteiger partial charge in [0.05, 0.1) is 17.4 Å². The monoisotopic (exact) mass is 859 g/mol. The van der Waals surface area contributed by atoms with Gasteiger partial charge >= 0.3 is 0 Å². The molecule has 318 valence electrons. The van der Waals surface area contributed by atoms with E-state index in [-0.39, 0.29) is 12.2 Å². The fourth-order valence-electron chi connectivity index (χ4n) is 9.75. The third kappa shape index (κ3) is 7.59. The van der Waals surface area contributed by atoms with Crippen LogP contribution in [0.3, 0.4) is 0 Å². The van der Waals surface area contributed by atoms with Crippen LogP contribution >= 0.6 is 0 Å². The van der Waals surface area contributed by atoms with Crippen molar-refractivity contribution in [3.05, 3.63) is 265 Å². The SMILES string of the molecule is C1=C(c2ccc(-c3cccc4c3oc3ccccc34)cc2)NC(c2ccccc2)NC1c1ccc(-c2c(-c3ccccc3)c(-c3ccccc3)nc(-c3ccccc3)c2-c2ccccc2)cc1. The summed E-state index contributed by atoms with van der Waals surface area (Å²) in [5, 5.41) is 10.1. The van der Waals surface area contributed by atoms with E-state index in [9.17, 15) is 0 Å². The van der Waals surface area contributed by atoms with Gasteiger partial charge in [0, 0.05) is 49.9 Å². The van der Waals surface area contributed by atoms with Crippen LogP contribution in [0.1, 0.15) is 28.9 Å². The van der Waals surface area contributed by atoms with E-state index in [0.717, 1.165) is 100 Å². The largest absolute Gasteiger partial charge is 0.455 e. The van der Waals surface area contributed by atoms with Crippen molar-refractivity contribution in [2.45, 2.75) is 12.2 Å². The summed E-state index contributed by atoms with van der Waals surface area (Å²) in [5.74, 6) is 0. The Balaban J connectivity index is 0.989. The lowest BCUT2D eigenvalue weighted by Gasteiger charge is -2.33. The lowest BCUT2D eigenvalue weighted by Crippen LogP contribution is -2.39. The van der Waals surface area contributed by atoms with Crippen LogP contribution in [-0.2, 0) is 0 Å². The molecule has 9 aromatic carbocycles. The Labute approximate surface area is 390 Å². The number of pyridine rings is 1. The number of aromatic nitrogens is 1. The number of benzene rings is 9. The van der Waals surface area contributed by atoms with Crippen LogP contribution in [0.4, 0.5) is 0 Å². The summed E-state index contributed by atoms with van der Waals surface area (Å²) in [7, 11) is 0. The maximum Gasteiger partial charge on any atom is 0.143 e. The number of para-hydroxylation sites is 2. The van der Waals surface area contributed by atoms with E-state index >= 15 is 0 Å². The molecule has 67 heavy (non-hydrogen) atoms. The molecule has 2 atom stereocenters. The molecule has 4 nitrogen and oxygen atoms in total. The van der Waals surface area contributed by atoms with Gasteiger partial charge in [-0.15, -0.1) is 0 Å². The number of nitrogens with zero attached hydrogens (tertiary/aromatic N) is 1. The summed E-state index contributed by atoms with van der Waals surface area (Å²) < 4.78 is 6.42. The average molecular weight is 860 g/mol. The predicted octanol–water partition coefficient (Wildman–Crippen LogP) is 16.0. The summed E-state index contributed by atoms with van der Waals surface area (Å²) in [6.07, 6.45) is 2.20. The summed E-state index contributed by atoms with van der Waals surface area (Å²) in [6, 6.07) is 85.9. The zero-order valence-electron chi connectivity index (χ0n) is 36.7. The Kier molecular flexibility index (Phi) is 10.4. The van der Waals surface area contributed by atoms with E-state index < -0.39 is 0 Å². The van der Waals surface area contributed by atoms with Crippen molar-refractivity contribution in [2.24, 2.45) is 0 Å². The highest BCUT2D eigenvalue weighted by Crippen LogP contribution is 2.49. The second-order valence-corrected chi connectivity index (χ2v) is 17.1. The van der Waals surface area contributed by atoms with Crippen LogP contribution in [0, 0.1) is 0 Å². The van der Waals surface area contributed by atoms with Gasteiger partial charge in [-0.25, -0.2) is 4.98 Å². The van der Waals surface area contributed by atoms with Gasteiger partial charge < -0.3 is 9.73 Å². The number of hydrogen-bond acceptors (Lipinski definition) is 4. The van der Waals surface area contributed by atoms with Crippen LogP contribution in [-0.4, -0.2) is 4.98 Å². The standard InChI is InChI=1S/C63H45N3O/c1-6-19-45(20-7-1)58-57(59(46-21-8-2-9-22-46)61(49-25-12-4-13-26-49)66-60(58)48-23-10-3-11-24-48)47-39-37-44(38-40-47)55-41-54(64-63(65-55)50-27-14-5-15-28-50)43-35-33-42(34-36-43)51-30-18-31-53-52-29-16-17-32-56(52)67-62(51)53/h1-41,55,63-65H. The summed E-state index contributed by atoms with van der Waals surface area (Å²) in [6.45, 7) is 0. The molecule has 0 radical (unpaired) electrons. The van der Waals surface area contributed by atoms with E-state index in [0.29, 0.717) is 0 Å². The number of rotatable bonds is 9. The lowest BCUT2D eigenvalue weighted by molar-refractivity contribution is 0.443. The molecule has 0 bridgehead atoms. The van der Waals surface area contributed by atoms with Crippen LogP contribution < -0.4 is 10.6 Å². The Morgan fingerprint density at radius 2 is 0.836 bits per heavy atom. The van der Waals surface area contributed by atoms with Crippen molar-refractivity contribution in [2.75, 3.05) is 0 Å². The molecule has 3 heterocycles. The minimum absolute atomic E-state index is 0.0844. The smallest absolute Gasteiger partial charge is 0.143 e. The fraction of sp³-hybridized carbons (Fsp3) is 0.0317. The summed E-state index contributed by atoms with van der Waals surface area (Å²) >= 11 is 0. The number of hydrogen-bond donors (Lipinski definition) is 2. The molecule has 0 spiro atoms. The van der Waals surface area contributed by atoms with Crippen molar-refractivity contribution in [3.8, 4) is 67.0 Å². The predicted molar refractivity (Wildman–Crippen MR) is 277 cm³/mol. The first-order chi connectivity index (χ1) is 33.2. The van der Waals surface area contributed by atoms with E-state index in [4.69, 9.17) is 9.40 Å². The van der Waals surface area contributed by atoms with Crippen LogP contribution in [0.25, 0.3) is 94.7 Å². The molecule has 0 saturated carbocycles. The quantitative estimate of drug-likeness (QED) is 0.152. The number of nitrogens with one attached hydrogen (secondary N) is 2.